The summed E-state index contributed by atoms with van der Waals surface area (Å²) in [6.07, 6.45) is -0.126. The zero-order valence-corrected chi connectivity index (χ0v) is 15.5. The molecule has 1 aromatic carbocycles. The van der Waals surface area contributed by atoms with Crippen molar-refractivity contribution in [1.82, 2.24) is 4.31 Å². The zero-order chi connectivity index (χ0) is 15.1. The molecular weight excluding hydrogens is 410 g/mol. The van der Waals surface area contributed by atoms with E-state index in [-0.39, 0.29) is 11.0 Å². The van der Waals surface area contributed by atoms with Gasteiger partial charge in [-0.25, -0.2) is 8.42 Å². The molecule has 0 aliphatic carbocycles. The van der Waals surface area contributed by atoms with Crippen LogP contribution in [0.3, 0.4) is 0 Å². The average molecular weight is 427 g/mol. The van der Waals surface area contributed by atoms with Gasteiger partial charge in [-0.05, 0) is 54.9 Å². The fourth-order valence-electron chi connectivity index (χ4n) is 2.39. The van der Waals surface area contributed by atoms with E-state index in [9.17, 15) is 8.42 Å². The van der Waals surface area contributed by atoms with E-state index in [1.807, 2.05) is 20.8 Å². The number of sulfonamides is 1. The number of ether oxygens (including phenoxy) is 1. The molecule has 20 heavy (non-hydrogen) atoms. The Morgan fingerprint density at radius 3 is 2.60 bits per heavy atom. The molecule has 0 bridgehead atoms. The highest BCUT2D eigenvalue weighted by Gasteiger charge is 2.38. The molecule has 1 fully saturated rings. The van der Waals surface area contributed by atoms with Gasteiger partial charge in [0.1, 0.15) is 0 Å². The van der Waals surface area contributed by atoms with Crippen LogP contribution in [0.2, 0.25) is 0 Å². The SMILES string of the molecule is CC1CN(S(=O)(=O)c2cc(Br)ccc2Br)CC(C)(C)O1. The lowest BCUT2D eigenvalue weighted by Crippen LogP contribution is -2.53. The van der Waals surface area contributed by atoms with Crippen LogP contribution < -0.4 is 0 Å². The molecule has 1 aromatic rings. The fourth-order valence-corrected chi connectivity index (χ4v) is 5.52. The highest BCUT2D eigenvalue weighted by Crippen LogP contribution is 2.31. The van der Waals surface area contributed by atoms with Crippen molar-refractivity contribution in [3.8, 4) is 0 Å². The van der Waals surface area contributed by atoms with Gasteiger partial charge in [0.05, 0.1) is 16.6 Å². The third kappa shape index (κ3) is 3.44. The minimum Gasteiger partial charge on any atom is -0.370 e. The largest absolute Gasteiger partial charge is 0.370 e. The van der Waals surface area contributed by atoms with Gasteiger partial charge < -0.3 is 4.74 Å². The first-order chi connectivity index (χ1) is 9.12. The van der Waals surface area contributed by atoms with E-state index in [1.54, 1.807) is 18.2 Å². The second-order valence-electron chi connectivity index (χ2n) is 5.56. The molecule has 0 spiro atoms. The predicted octanol–water partition coefficient (Wildman–Crippen LogP) is 3.40. The molecule has 7 heteroatoms. The Bertz CT molecular complexity index is 616. The Morgan fingerprint density at radius 2 is 2.00 bits per heavy atom. The van der Waals surface area contributed by atoms with Crippen molar-refractivity contribution >= 4 is 41.9 Å². The maximum absolute atomic E-state index is 12.8. The lowest BCUT2D eigenvalue weighted by molar-refractivity contribution is -0.109. The Hall–Kier alpha value is 0.0500. The third-order valence-electron chi connectivity index (χ3n) is 3.05. The van der Waals surface area contributed by atoms with Crippen LogP contribution in [-0.2, 0) is 14.8 Å². The van der Waals surface area contributed by atoms with Crippen LogP contribution in [0.4, 0.5) is 0 Å². The maximum atomic E-state index is 12.8. The Kier molecular flexibility index (Phi) is 4.67. The minimum atomic E-state index is -3.54. The number of rotatable bonds is 2. The van der Waals surface area contributed by atoms with Crippen molar-refractivity contribution in [2.45, 2.75) is 37.4 Å². The zero-order valence-electron chi connectivity index (χ0n) is 11.6. The van der Waals surface area contributed by atoms with Crippen molar-refractivity contribution in [3.63, 3.8) is 0 Å². The van der Waals surface area contributed by atoms with Crippen LogP contribution in [0.1, 0.15) is 20.8 Å². The molecule has 2 rings (SSSR count). The van der Waals surface area contributed by atoms with Gasteiger partial charge in [0, 0.05) is 22.0 Å². The summed E-state index contributed by atoms with van der Waals surface area (Å²) in [6, 6.07) is 5.15. The van der Waals surface area contributed by atoms with Crippen molar-refractivity contribution in [1.29, 1.82) is 0 Å². The molecule has 1 aliphatic heterocycles. The van der Waals surface area contributed by atoms with Gasteiger partial charge in [0.2, 0.25) is 10.0 Å². The predicted molar refractivity (Wildman–Crippen MR) is 85.2 cm³/mol. The van der Waals surface area contributed by atoms with Crippen molar-refractivity contribution in [2.75, 3.05) is 13.1 Å². The quantitative estimate of drug-likeness (QED) is 0.727. The third-order valence-corrected chi connectivity index (χ3v) is 6.35. The summed E-state index contributed by atoms with van der Waals surface area (Å²) in [4.78, 5) is 0.275. The first kappa shape index (κ1) is 16.4. The van der Waals surface area contributed by atoms with E-state index in [0.717, 1.165) is 4.47 Å². The Labute approximate surface area is 136 Å². The normalized spacial score (nSPS) is 23.8. The summed E-state index contributed by atoms with van der Waals surface area (Å²) in [6.45, 7) is 6.41. The highest BCUT2D eigenvalue weighted by molar-refractivity contribution is 9.11. The van der Waals surface area contributed by atoms with Crippen molar-refractivity contribution in [2.24, 2.45) is 0 Å². The van der Waals surface area contributed by atoms with E-state index < -0.39 is 15.6 Å². The van der Waals surface area contributed by atoms with Gasteiger partial charge in [-0.2, -0.15) is 4.31 Å². The molecule has 1 atom stereocenters. The summed E-state index contributed by atoms with van der Waals surface area (Å²) >= 11 is 6.64. The van der Waals surface area contributed by atoms with Crippen LogP contribution in [0.5, 0.6) is 0 Å². The van der Waals surface area contributed by atoms with E-state index in [2.05, 4.69) is 31.9 Å². The van der Waals surface area contributed by atoms with E-state index in [0.29, 0.717) is 17.6 Å². The van der Waals surface area contributed by atoms with Crippen LogP contribution in [0, 0.1) is 0 Å². The standard InChI is InChI=1S/C13H17Br2NO3S/c1-9-7-16(8-13(2,3)19-9)20(17,18)12-6-10(14)4-5-11(12)15/h4-6,9H,7-8H2,1-3H3. The number of halogens is 2. The smallest absolute Gasteiger partial charge is 0.244 e. The summed E-state index contributed by atoms with van der Waals surface area (Å²) in [7, 11) is -3.54. The van der Waals surface area contributed by atoms with Gasteiger partial charge >= 0.3 is 0 Å². The second-order valence-corrected chi connectivity index (χ2v) is 9.24. The first-order valence-corrected chi connectivity index (χ1v) is 9.27. The van der Waals surface area contributed by atoms with Crippen LogP contribution >= 0.6 is 31.9 Å². The van der Waals surface area contributed by atoms with Gasteiger partial charge in [-0.3, -0.25) is 0 Å². The molecule has 0 radical (unpaired) electrons. The van der Waals surface area contributed by atoms with Crippen molar-refractivity contribution in [3.05, 3.63) is 27.1 Å². The number of benzene rings is 1. The van der Waals surface area contributed by atoms with Gasteiger partial charge in [-0.15, -0.1) is 0 Å². The molecule has 0 N–H and O–H groups in total. The summed E-state index contributed by atoms with van der Waals surface area (Å²) in [5.74, 6) is 0. The Balaban J connectivity index is 2.42. The molecule has 112 valence electrons. The molecule has 0 amide bonds. The average Bonchev–Trinajstić information content (AvgIpc) is 2.29. The van der Waals surface area contributed by atoms with Crippen LogP contribution in [-0.4, -0.2) is 37.5 Å². The maximum Gasteiger partial charge on any atom is 0.244 e. The first-order valence-electron chi connectivity index (χ1n) is 6.25. The van der Waals surface area contributed by atoms with Crippen LogP contribution in [0.25, 0.3) is 0 Å². The van der Waals surface area contributed by atoms with E-state index in [4.69, 9.17) is 4.74 Å². The molecule has 4 nitrogen and oxygen atoms in total. The fraction of sp³-hybridized carbons (Fsp3) is 0.538. The van der Waals surface area contributed by atoms with Gasteiger partial charge in [0.25, 0.3) is 0 Å². The number of morpholine rings is 1. The van der Waals surface area contributed by atoms with Gasteiger partial charge in [-0.1, -0.05) is 15.9 Å². The topological polar surface area (TPSA) is 46.6 Å². The molecule has 0 saturated carbocycles. The molecule has 1 aliphatic rings. The monoisotopic (exact) mass is 425 g/mol. The second kappa shape index (κ2) is 5.68. The Morgan fingerprint density at radius 1 is 1.35 bits per heavy atom. The number of hydrogen-bond acceptors (Lipinski definition) is 3. The lowest BCUT2D eigenvalue weighted by Gasteiger charge is -2.41. The van der Waals surface area contributed by atoms with Gasteiger partial charge in [0.15, 0.2) is 0 Å². The summed E-state index contributed by atoms with van der Waals surface area (Å²) in [5.41, 5.74) is -0.483. The minimum absolute atomic E-state index is 0.126. The number of hydrogen-bond donors (Lipinski definition) is 0. The lowest BCUT2D eigenvalue weighted by atomic mass is 10.1. The molecule has 1 saturated heterocycles. The molecule has 1 unspecified atom stereocenters. The highest BCUT2D eigenvalue weighted by atomic mass is 79.9. The summed E-state index contributed by atoms with van der Waals surface area (Å²) in [5, 5.41) is 0. The number of nitrogens with zero attached hydrogens (tertiary/aromatic N) is 1. The van der Waals surface area contributed by atoms with E-state index >= 15 is 0 Å². The van der Waals surface area contributed by atoms with Crippen molar-refractivity contribution < 1.29 is 13.2 Å². The van der Waals surface area contributed by atoms with E-state index in [1.165, 1.54) is 4.31 Å². The molecular formula is C13H17Br2NO3S. The van der Waals surface area contributed by atoms with Crippen LogP contribution in [0.15, 0.2) is 32.0 Å². The molecule has 0 aromatic heterocycles. The summed E-state index contributed by atoms with van der Waals surface area (Å²) < 4.78 is 34.2. The molecule has 1 heterocycles.